The van der Waals surface area contributed by atoms with E-state index in [1.165, 1.54) is 0 Å². The highest BCUT2D eigenvalue weighted by molar-refractivity contribution is 5.85. The van der Waals surface area contributed by atoms with Gasteiger partial charge in [-0.25, -0.2) is 0 Å². The molecule has 2 aliphatic rings. The maximum atomic E-state index is 9.90. The Labute approximate surface area is 162 Å². The molecule has 0 amide bonds. The molecule has 7 heteroatoms. The van der Waals surface area contributed by atoms with Gasteiger partial charge in [0.05, 0.1) is 30.3 Å². The van der Waals surface area contributed by atoms with E-state index >= 15 is 0 Å². The van der Waals surface area contributed by atoms with Gasteiger partial charge in [-0.05, 0) is 43.1 Å². The van der Waals surface area contributed by atoms with E-state index in [2.05, 4.69) is 11.4 Å². The lowest BCUT2D eigenvalue weighted by molar-refractivity contribution is 0.171. The van der Waals surface area contributed by atoms with E-state index in [4.69, 9.17) is 16.3 Å². The monoisotopic (exact) mass is 384 g/mol. The molecule has 3 rings (SSSR count). The fourth-order valence-corrected chi connectivity index (χ4v) is 2.34. The zero-order valence-electron chi connectivity index (χ0n) is 14.0. The highest BCUT2D eigenvalue weighted by Gasteiger charge is 2.31. The Morgan fingerprint density at radius 2 is 1.60 bits per heavy atom. The highest BCUT2D eigenvalue weighted by atomic mass is 35.5. The van der Waals surface area contributed by atoms with E-state index in [0.717, 1.165) is 31.2 Å². The zero-order chi connectivity index (χ0) is 16.7. The largest absolute Gasteiger partial charge is 0.387 e. The van der Waals surface area contributed by atoms with Crippen LogP contribution in [0.5, 0.6) is 0 Å². The van der Waals surface area contributed by atoms with Crippen molar-refractivity contribution in [3.8, 4) is 12.1 Å². The predicted octanol–water partition coefficient (Wildman–Crippen LogP) is 2.70. The molecule has 3 atom stereocenters. The number of halogens is 2. The number of hydrogen-bond donors (Lipinski definition) is 3. The van der Waals surface area contributed by atoms with Crippen LogP contribution in [0.3, 0.4) is 0 Å². The van der Waals surface area contributed by atoms with Crippen molar-refractivity contribution in [2.75, 3.05) is 6.54 Å². The van der Waals surface area contributed by atoms with Crippen LogP contribution in [0.1, 0.15) is 37.4 Å². The van der Waals surface area contributed by atoms with E-state index < -0.39 is 6.10 Å². The van der Waals surface area contributed by atoms with Crippen molar-refractivity contribution in [3.05, 3.63) is 35.9 Å². The molecule has 0 aromatic heterocycles. The van der Waals surface area contributed by atoms with Crippen molar-refractivity contribution >= 4 is 24.8 Å². The number of benzene rings is 1. The Balaban J connectivity index is 0.000000547. The number of nitriles is 2. The predicted molar refractivity (Wildman–Crippen MR) is 102 cm³/mol. The van der Waals surface area contributed by atoms with Crippen molar-refractivity contribution in [1.29, 1.82) is 10.5 Å². The van der Waals surface area contributed by atoms with E-state index in [1.54, 1.807) is 0 Å². The van der Waals surface area contributed by atoms with Crippen molar-refractivity contribution in [2.24, 2.45) is 17.6 Å². The first-order valence-electron chi connectivity index (χ1n) is 8.17. The van der Waals surface area contributed by atoms with Gasteiger partial charge in [-0.15, -0.1) is 24.8 Å². The minimum Gasteiger partial charge on any atom is -0.387 e. The molecule has 1 aromatic carbocycles. The van der Waals surface area contributed by atoms with Crippen LogP contribution in [0, 0.1) is 34.5 Å². The van der Waals surface area contributed by atoms with Crippen LogP contribution >= 0.6 is 24.8 Å². The SMILES string of the molecule is Cl.Cl.N#C[C@@H](N)C1CC1.N#C[C@@H](NC[C@H](O)c1ccccc1)C1CC1. The summed E-state index contributed by atoms with van der Waals surface area (Å²) in [5, 5.41) is 30.1. The number of nitrogens with one attached hydrogen (secondary N) is 1. The van der Waals surface area contributed by atoms with Gasteiger partial charge in [0, 0.05) is 6.54 Å². The summed E-state index contributed by atoms with van der Waals surface area (Å²) in [6.07, 6.45) is 4.05. The molecular formula is C18H26Cl2N4O. The molecule has 0 heterocycles. The summed E-state index contributed by atoms with van der Waals surface area (Å²) in [5.41, 5.74) is 6.21. The maximum absolute atomic E-state index is 9.90. The van der Waals surface area contributed by atoms with Gasteiger partial charge in [0.1, 0.15) is 0 Å². The first kappa shape index (κ1) is 23.7. The van der Waals surface area contributed by atoms with Crippen LogP contribution in [0.2, 0.25) is 0 Å². The summed E-state index contributed by atoms with van der Waals surface area (Å²) in [6, 6.07) is 13.5. The Kier molecular flexibility index (Phi) is 11.4. The second-order valence-electron chi connectivity index (χ2n) is 6.27. The summed E-state index contributed by atoms with van der Waals surface area (Å²) in [5.74, 6) is 1.03. The van der Waals surface area contributed by atoms with E-state index in [1.807, 2.05) is 36.4 Å². The van der Waals surface area contributed by atoms with E-state index in [-0.39, 0.29) is 36.9 Å². The first-order chi connectivity index (χ1) is 11.2. The van der Waals surface area contributed by atoms with Gasteiger partial charge < -0.3 is 10.8 Å². The standard InChI is InChI=1S/C13H16N2O.C5H8N2.2ClH/c14-8-12(10-6-7-10)15-9-13(16)11-4-2-1-3-5-11;6-3-5(7)4-1-2-4;;/h1-5,10,12-13,15-16H,6-7,9H2;4-5H,1-2,7H2;2*1H/t12-,13+;5-;;/m11../s1. The molecule has 138 valence electrons. The smallest absolute Gasteiger partial charge is 0.0982 e. The van der Waals surface area contributed by atoms with Gasteiger partial charge in [0.2, 0.25) is 0 Å². The van der Waals surface area contributed by atoms with Crippen LogP contribution in [-0.2, 0) is 0 Å². The molecule has 0 saturated heterocycles. The lowest BCUT2D eigenvalue weighted by Crippen LogP contribution is -2.33. The Morgan fingerprint density at radius 1 is 1.04 bits per heavy atom. The summed E-state index contributed by atoms with van der Waals surface area (Å²) >= 11 is 0. The van der Waals surface area contributed by atoms with Crippen LogP contribution < -0.4 is 11.1 Å². The zero-order valence-corrected chi connectivity index (χ0v) is 15.7. The van der Waals surface area contributed by atoms with Crippen LogP contribution in [0.15, 0.2) is 30.3 Å². The van der Waals surface area contributed by atoms with Gasteiger partial charge in [-0.3, -0.25) is 5.32 Å². The molecule has 1 aromatic rings. The molecule has 0 unspecified atom stereocenters. The molecule has 0 spiro atoms. The molecule has 2 saturated carbocycles. The minimum absolute atomic E-state index is 0. The lowest BCUT2D eigenvalue weighted by atomic mass is 10.1. The third kappa shape index (κ3) is 8.54. The van der Waals surface area contributed by atoms with Gasteiger partial charge in [-0.2, -0.15) is 10.5 Å². The first-order valence-corrected chi connectivity index (χ1v) is 8.17. The summed E-state index contributed by atoms with van der Waals surface area (Å²) in [7, 11) is 0. The van der Waals surface area contributed by atoms with E-state index in [9.17, 15) is 5.11 Å². The number of aliphatic hydroxyl groups excluding tert-OH is 1. The lowest BCUT2D eigenvalue weighted by Gasteiger charge is -2.15. The summed E-state index contributed by atoms with van der Waals surface area (Å²) < 4.78 is 0. The second kappa shape index (κ2) is 12.1. The van der Waals surface area contributed by atoms with Gasteiger partial charge in [-0.1, -0.05) is 30.3 Å². The van der Waals surface area contributed by atoms with Crippen molar-refractivity contribution in [2.45, 2.75) is 43.9 Å². The Hall–Kier alpha value is -1.34. The topological polar surface area (TPSA) is 106 Å². The maximum Gasteiger partial charge on any atom is 0.0982 e. The quantitative estimate of drug-likeness (QED) is 0.698. The molecular weight excluding hydrogens is 359 g/mol. The molecule has 2 aliphatic carbocycles. The van der Waals surface area contributed by atoms with Crippen molar-refractivity contribution < 1.29 is 5.11 Å². The third-order valence-electron chi connectivity index (χ3n) is 4.23. The van der Waals surface area contributed by atoms with Gasteiger partial charge in [0.15, 0.2) is 0 Å². The van der Waals surface area contributed by atoms with Gasteiger partial charge >= 0.3 is 0 Å². The molecule has 0 radical (unpaired) electrons. The molecule has 25 heavy (non-hydrogen) atoms. The second-order valence-corrected chi connectivity index (χ2v) is 6.27. The average Bonchev–Trinajstić information content (AvgIpc) is 3.48. The molecule has 0 bridgehead atoms. The number of rotatable bonds is 6. The minimum atomic E-state index is -0.532. The third-order valence-corrected chi connectivity index (χ3v) is 4.23. The van der Waals surface area contributed by atoms with Crippen LogP contribution in [0.4, 0.5) is 0 Å². The summed E-state index contributed by atoms with van der Waals surface area (Å²) in [6.45, 7) is 0.443. The highest BCUT2D eigenvalue weighted by Crippen LogP contribution is 2.32. The Bertz CT molecular complexity index is 565. The average molecular weight is 385 g/mol. The fraction of sp³-hybridized carbons (Fsp3) is 0.556. The number of nitrogens with two attached hydrogens (primary N) is 1. The van der Waals surface area contributed by atoms with Gasteiger partial charge in [0.25, 0.3) is 0 Å². The molecule has 2 fully saturated rings. The van der Waals surface area contributed by atoms with Crippen LogP contribution in [0.25, 0.3) is 0 Å². The molecule has 5 nitrogen and oxygen atoms in total. The van der Waals surface area contributed by atoms with Crippen LogP contribution in [-0.4, -0.2) is 23.7 Å². The number of nitrogens with zero attached hydrogens (tertiary/aromatic N) is 2. The fourth-order valence-electron chi connectivity index (χ4n) is 2.34. The van der Waals surface area contributed by atoms with Crippen molar-refractivity contribution in [3.63, 3.8) is 0 Å². The van der Waals surface area contributed by atoms with E-state index in [0.29, 0.717) is 18.4 Å². The molecule has 0 aliphatic heterocycles. The number of hydrogen-bond acceptors (Lipinski definition) is 5. The normalized spacial score (nSPS) is 18.6. The summed E-state index contributed by atoms with van der Waals surface area (Å²) in [4.78, 5) is 0. The Morgan fingerprint density at radius 3 is 2.00 bits per heavy atom. The van der Waals surface area contributed by atoms with Crippen molar-refractivity contribution in [1.82, 2.24) is 5.32 Å². The molecule has 4 N–H and O–H groups in total. The number of aliphatic hydroxyl groups is 1.